The number of ether oxygens (including phenoxy) is 1. The van der Waals surface area contributed by atoms with Crippen molar-refractivity contribution in [3.05, 3.63) is 70.2 Å². The first kappa shape index (κ1) is 15.7. The fourth-order valence-corrected chi connectivity index (χ4v) is 2.19. The van der Waals surface area contributed by atoms with E-state index in [0.29, 0.717) is 6.42 Å². The molecule has 2 rings (SSSR count). The van der Waals surface area contributed by atoms with Crippen molar-refractivity contribution in [2.45, 2.75) is 25.5 Å². The van der Waals surface area contributed by atoms with Gasteiger partial charge in [0.05, 0.1) is 0 Å². The average Bonchev–Trinajstić information content (AvgIpc) is 2.52. The Morgan fingerprint density at radius 1 is 1.05 bits per heavy atom. The molecule has 0 aliphatic carbocycles. The molecule has 3 nitrogen and oxygen atoms in total. The number of hydrogen-bond acceptors (Lipinski definition) is 3. The number of esters is 1. The first-order valence-corrected chi connectivity index (χ1v) is 7.65. The summed E-state index contributed by atoms with van der Waals surface area (Å²) in [4.78, 5) is 11.8. The normalized spacial score (nSPS) is 11.9. The van der Waals surface area contributed by atoms with Gasteiger partial charge in [0.2, 0.25) is 0 Å². The Bertz CT molecular complexity index is 569. The largest absolute Gasteiger partial charge is 0.460 e. The van der Waals surface area contributed by atoms with Crippen LogP contribution >= 0.6 is 15.9 Å². The molecule has 110 valence electrons. The van der Waals surface area contributed by atoms with E-state index in [4.69, 9.17) is 10.5 Å². The summed E-state index contributed by atoms with van der Waals surface area (Å²) in [5, 5.41) is 0. The molecule has 1 unspecified atom stereocenters. The molecule has 21 heavy (non-hydrogen) atoms. The molecule has 4 heteroatoms. The highest BCUT2D eigenvalue weighted by atomic mass is 79.9. The van der Waals surface area contributed by atoms with Gasteiger partial charge >= 0.3 is 5.97 Å². The minimum atomic E-state index is -0.583. The molecule has 0 saturated heterocycles. The van der Waals surface area contributed by atoms with Crippen LogP contribution in [0.5, 0.6) is 0 Å². The van der Waals surface area contributed by atoms with Gasteiger partial charge in [0, 0.05) is 4.47 Å². The molecule has 0 bridgehead atoms. The number of halogens is 1. The monoisotopic (exact) mass is 347 g/mol. The molecule has 0 aliphatic heterocycles. The minimum Gasteiger partial charge on any atom is -0.460 e. The van der Waals surface area contributed by atoms with Crippen molar-refractivity contribution in [1.29, 1.82) is 0 Å². The van der Waals surface area contributed by atoms with E-state index in [1.54, 1.807) is 0 Å². The number of rotatable bonds is 6. The zero-order chi connectivity index (χ0) is 15.1. The smallest absolute Gasteiger partial charge is 0.323 e. The maximum absolute atomic E-state index is 11.8. The standard InChI is InChI=1S/C17H18BrNO2/c18-15-9-6-14(7-10-15)12-21-17(20)16(19)11-8-13-4-2-1-3-5-13/h1-7,9-10,16H,8,11-12,19H2. The Hall–Kier alpha value is -1.65. The number of carbonyl (C=O) groups is 1. The van der Waals surface area contributed by atoms with Crippen LogP contribution in [0.3, 0.4) is 0 Å². The highest BCUT2D eigenvalue weighted by Gasteiger charge is 2.14. The van der Waals surface area contributed by atoms with Crippen LogP contribution in [-0.2, 0) is 22.6 Å². The van der Waals surface area contributed by atoms with Crippen molar-refractivity contribution < 1.29 is 9.53 Å². The molecule has 0 saturated carbocycles. The lowest BCUT2D eigenvalue weighted by Crippen LogP contribution is -2.32. The van der Waals surface area contributed by atoms with Gasteiger partial charge in [-0.3, -0.25) is 4.79 Å². The minimum absolute atomic E-state index is 0.255. The highest BCUT2D eigenvalue weighted by Crippen LogP contribution is 2.12. The predicted molar refractivity (Wildman–Crippen MR) is 86.7 cm³/mol. The third-order valence-electron chi connectivity index (χ3n) is 3.18. The van der Waals surface area contributed by atoms with Crippen LogP contribution in [0.15, 0.2) is 59.1 Å². The summed E-state index contributed by atoms with van der Waals surface area (Å²) in [5.74, 6) is -0.353. The molecule has 0 radical (unpaired) electrons. The van der Waals surface area contributed by atoms with Crippen molar-refractivity contribution in [2.75, 3.05) is 0 Å². The van der Waals surface area contributed by atoms with Crippen LogP contribution in [0.25, 0.3) is 0 Å². The summed E-state index contributed by atoms with van der Waals surface area (Å²) in [6.07, 6.45) is 1.36. The molecule has 0 aliphatic rings. The lowest BCUT2D eigenvalue weighted by atomic mass is 10.1. The van der Waals surface area contributed by atoms with E-state index in [1.807, 2.05) is 54.6 Å². The van der Waals surface area contributed by atoms with Gasteiger partial charge < -0.3 is 10.5 Å². The van der Waals surface area contributed by atoms with Crippen LogP contribution in [0, 0.1) is 0 Å². The molecule has 2 N–H and O–H groups in total. The number of benzene rings is 2. The number of hydrogen-bond donors (Lipinski definition) is 1. The van der Waals surface area contributed by atoms with Gasteiger partial charge in [0.15, 0.2) is 0 Å². The summed E-state index contributed by atoms with van der Waals surface area (Å²) in [5.41, 5.74) is 7.99. The van der Waals surface area contributed by atoms with Gasteiger partial charge in [-0.1, -0.05) is 58.4 Å². The van der Waals surface area contributed by atoms with E-state index in [2.05, 4.69) is 15.9 Å². The van der Waals surface area contributed by atoms with Crippen molar-refractivity contribution in [3.63, 3.8) is 0 Å². The van der Waals surface area contributed by atoms with E-state index < -0.39 is 6.04 Å². The topological polar surface area (TPSA) is 52.3 Å². The third kappa shape index (κ3) is 5.33. The third-order valence-corrected chi connectivity index (χ3v) is 3.71. The summed E-state index contributed by atoms with van der Waals surface area (Å²) >= 11 is 3.36. The number of carbonyl (C=O) groups excluding carboxylic acids is 1. The van der Waals surface area contributed by atoms with E-state index in [-0.39, 0.29) is 12.6 Å². The second-order valence-corrected chi connectivity index (χ2v) is 5.78. The molecule has 0 spiro atoms. The van der Waals surface area contributed by atoms with E-state index in [0.717, 1.165) is 16.5 Å². The van der Waals surface area contributed by atoms with Gasteiger partial charge in [-0.25, -0.2) is 0 Å². The summed E-state index contributed by atoms with van der Waals surface area (Å²) in [6.45, 7) is 0.255. The molecule has 2 aromatic rings. The van der Waals surface area contributed by atoms with Crippen molar-refractivity contribution >= 4 is 21.9 Å². The lowest BCUT2D eigenvalue weighted by molar-refractivity contribution is -0.146. The second-order valence-electron chi connectivity index (χ2n) is 4.86. The zero-order valence-corrected chi connectivity index (χ0v) is 13.3. The van der Waals surface area contributed by atoms with Gasteiger partial charge in [-0.2, -0.15) is 0 Å². The quantitative estimate of drug-likeness (QED) is 0.814. The SMILES string of the molecule is NC(CCc1ccccc1)C(=O)OCc1ccc(Br)cc1. The Kier molecular flexibility index (Phi) is 5.96. The molecule has 2 aromatic carbocycles. The van der Waals surface area contributed by atoms with Gasteiger partial charge in [0.1, 0.15) is 12.6 Å². The Morgan fingerprint density at radius 3 is 2.38 bits per heavy atom. The average molecular weight is 348 g/mol. The molecule has 0 amide bonds. The van der Waals surface area contributed by atoms with Crippen molar-refractivity contribution in [2.24, 2.45) is 5.73 Å². The van der Waals surface area contributed by atoms with Gasteiger partial charge in [-0.05, 0) is 36.1 Å². The van der Waals surface area contributed by atoms with Crippen LogP contribution in [0.4, 0.5) is 0 Å². The van der Waals surface area contributed by atoms with Crippen LogP contribution in [0.1, 0.15) is 17.5 Å². The van der Waals surface area contributed by atoms with Crippen LogP contribution < -0.4 is 5.73 Å². The predicted octanol–water partition coefficient (Wildman–Crippen LogP) is 3.45. The van der Waals surface area contributed by atoms with Crippen LogP contribution in [0.2, 0.25) is 0 Å². The molecule has 0 fully saturated rings. The lowest BCUT2D eigenvalue weighted by Gasteiger charge is -2.11. The highest BCUT2D eigenvalue weighted by molar-refractivity contribution is 9.10. The summed E-state index contributed by atoms with van der Waals surface area (Å²) in [6, 6.07) is 17.0. The molecule has 0 aromatic heterocycles. The Morgan fingerprint density at radius 2 is 1.71 bits per heavy atom. The van der Waals surface area contributed by atoms with E-state index in [1.165, 1.54) is 5.56 Å². The van der Waals surface area contributed by atoms with Gasteiger partial charge in [0.25, 0.3) is 0 Å². The Labute approximate surface area is 133 Å². The van der Waals surface area contributed by atoms with Crippen molar-refractivity contribution in [1.82, 2.24) is 0 Å². The first-order chi connectivity index (χ1) is 10.1. The van der Waals surface area contributed by atoms with E-state index in [9.17, 15) is 4.79 Å². The number of nitrogens with two attached hydrogens (primary N) is 1. The van der Waals surface area contributed by atoms with Crippen molar-refractivity contribution in [3.8, 4) is 0 Å². The fourth-order valence-electron chi connectivity index (χ4n) is 1.93. The van der Waals surface area contributed by atoms with Crippen LogP contribution in [-0.4, -0.2) is 12.0 Å². The van der Waals surface area contributed by atoms with Gasteiger partial charge in [-0.15, -0.1) is 0 Å². The summed E-state index contributed by atoms with van der Waals surface area (Å²) in [7, 11) is 0. The molecule has 1 atom stereocenters. The Balaban J connectivity index is 1.76. The van der Waals surface area contributed by atoms with E-state index >= 15 is 0 Å². The first-order valence-electron chi connectivity index (χ1n) is 6.86. The molecular formula is C17H18BrNO2. The second kappa shape index (κ2) is 7.96. The molecular weight excluding hydrogens is 330 g/mol. The summed E-state index contributed by atoms with van der Waals surface area (Å²) < 4.78 is 6.24. The number of aryl methyl sites for hydroxylation is 1. The maximum Gasteiger partial charge on any atom is 0.323 e. The maximum atomic E-state index is 11.8. The zero-order valence-electron chi connectivity index (χ0n) is 11.7. The fraction of sp³-hybridized carbons (Fsp3) is 0.235. The molecule has 0 heterocycles.